The van der Waals surface area contributed by atoms with E-state index in [4.69, 9.17) is 46.4 Å². The molecule has 0 aliphatic carbocycles. The number of para-hydroxylation sites is 2. The quantitative estimate of drug-likeness (QED) is 0.0382. The number of nitrogens with zero attached hydrogens (tertiary/aromatic N) is 4. The molecule has 18 heteroatoms. The number of carbonyl (C=O) groups is 6. The van der Waals surface area contributed by atoms with Crippen molar-refractivity contribution in [2.24, 2.45) is 20.5 Å². The Kier molecular flexibility index (Phi) is 17.4. The van der Waals surface area contributed by atoms with Crippen molar-refractivity contribution in [3.05, 3.63) is 140 Å². The van der Waals surface area contributed by atoms with Gasteiger partial charge in [0.1, 0.15) is 0 Å². The molecule has 0 saturated carbocycles. The lowest BCUT2D eigenvalue weighted by atomic mass is 10.0. The van der Waals surface area contributed by atoms with Crippen LogP contribution in [-0.2, 0) is 32.0 Å². The van der Waals surface area contributed by atoms with E-state index >= 15 is 0 Å². The van der Waals surface area contributed by atoms with E-state index in [9.17, 15) is 28.8 Å². The first kappa shape index (κ1) is 48.7. The minimum absolute atomic E-state index is 0.0944. The molecular weight excluding hydrogens is 902 g/mol. The van der Waals surface area contributed by atoms with Crippen LogP contribution in [0.4, 0.5) is 34.1 Å². The van der Waals surface area contributed by atoms with Crippen LogP contribution in [0.2, 0.25) is 10.0 Å². The van der Waals surface area contributed by atoms with Gasteiger partial charge >= 0.3 is 0 Å². The maximum absolute atomic E-state index is 13.4. The number of hydrogen-bond donors (Lipinski definition) is 4. The van der Waals surface area contributed by atoms with Gasteiger partial charge in [0.15, 0.2) is 11.6 Å². The van der Waals surface area contributed by atoms with E-state index in [-0.39, 0.29) is 32.5 Å². The highest BCUT2D eigenvalue weighted by Gasteiger charge is 2.27. The highest BCUT2D eigenvalue weighted by Crippen LogP contribution is 2.29. The molecule has 0 spiro atoms. The number of Topliss-reactive ketones (excluding diaryl/α,β-unsaturated/α-hetero) is 2. The number of alkyl halides is 2. The van der Waals surface area contributed by atoms with Gasteiger partial charge in [0, 0.05) is 34.5 Å². The number of benzene rings is 5. The number of anilines is 4. The van der Waals surface area contributed by atoms with E-state index in [1.807, 2.05) is 24.3 Å². The molecule has 0 radical (unpaired) electrons. The summed E-state index contributed by atoms with van der Waals surface area (Å²) in [5.41, 5.74) is 5.04. The number of hydrogen-bond acceptors (Lipinski definition) is 10. The van der Waals surface area contributed by atoms with E-state index < -0.39 is 47.3 Å². The summed E-state index contributed by atoms with van der Waals surface area (Å²) in [6.07, 6.45) is 1.08. The second-order valence-corrected chi connectivity index (χ2v) is 15.8. The van der Waals surface area contributed by atoms with Gasteiger partial charge in [-0.25, -0.2) is 0 Å². The van der Waals surface area contributed by atoms with Crippen LogP contribution in [0.1, 0.15) is 56.8 Å². The van der Waals surface area contributed by atoms with Gasteiger partial charge < -0.3 is 21.3 Å². The molecule has 5 aromatic carbocycles. The molecular formula is C46H42Cl4N8O6. The van der Waals surface area contributed by atoms with Crippen LogP contribution in [-0.4, -0.2) is 59.0 Å². The van der Waals surface area contributed by atoms with Crippen LogP contribution < -0.4 is 21.3 Å². The van der Waals surface area contributed by atoms with E-state index in [0.717, 1.165) is 11.1 Å². The number of carbonyl (C=O) groups excluding carboxylic acids is 6. The third-order valence-electron chi connectivity index (χ3n) is 9.80. The maximum atomic E-state index is 13.4. The Morgan fingerprint density at radius 1 is 0.516 bits per heavy atom. The summed E-state index contributed by atoms with van der Waals surface area (Å²) >= 11 is 24.6. The lowest BCUT2D eigenvalue weighted by Crippen LogP contribution is -2.33. The van der Waals surface area contributed by atoms with E-state index in [1.165, 1.54) is 62.4 Å². The summed E-state index contributed by atoms with van der Waals surface area (Å²) in [5.74, 6) is -3.06. The molecule has 0 aromatic heterocycles. The van der Waals surface area contributed by atoms with Gasteiger partial charge in [-0.2, -0.15) is 20.5 Å². The summed E-state index contributed by atoms with van der Waals surface area (Å²) in [6, 6.07) is 23.0. The number of nitrogens with one attached hydrogen (secondary N) is 4. The Balaban J connectivity index is 1.26. The Morgan fingerprint density at radius 2 is 0.891 bits per heavy atom. The fourth-order valence-electron chi connectivity index (χ4n) is 6.18. The molecule has 0 fully saturated rings. The fraction of sp³-hybridized carbons (Fsp3) is 0.217. The van der Waals surface area contributed by atoms with Gasteiger partial charge in [0.25, 0.3) is 23.6 Å². The Bertz CT molecular complexity index is 2490. The summed E-state index contributed by atoms with van der Waals surface area (Å²) in [7, 11) is 0. The van der Waals surface area contributed by atoms with Gasteiger partial charge in [0.05, 0.1) is 32.5 Å². The van der Waals surface area contributed by atoms with Crippen molar-refractivity contribution in [3.8, 4) is 0 Å². The number of ketones is 2. The van der Waals surface area contributed by atoms with Crippen LogP contribution in [0.15, 0.2) is 118 Å². The highest BCUT2D eigenvalue weighted by atomic mass is 35.5. The van der Waals surface area contributed by atoms with Crippen molar-refractivity contribution in [1.29, 1.82) is 0 Å². The predicted molar refractivity (Wildman–Crippen MR) is 252 cm³/mol. The van der Waals surface area contributed by atoms with Crippen LogP contribution in [0.3, 0.4) is 0 Å². The molecule has 2 atom stereocenters. The van der Waals surface area contributed by atoms with E-state index in [1.54, 1.807) is 38.1 Å². The molecule has 2 unspecified atom stereocenters. The van der Waals surface area contributed by atoms with E-state index in [0.29, 0.717) is 58.5 Å². The smallest absolute Gasteiger partial charge is 0.258 e. The summed E-state index contributed by atoms with van der Waals surface area (Å²) in [5, 5.41) is 27.5. The Labute approximate surface area is 389 Å². The highest BCUT2D eigenvalue weighted by molar-refractivity contribution is 6.35. The van der Waals surface area contributed by atoms with Crippen molar-refractivity contribution in [1.82, 2.24) is 0 Å². The average Bonchev–Trinajstić information content (AvgIpc) is 3.26. The van der Waals surface area contributed by atoms with Crippen molar-refractivity contribution < 1.29 is 28.8 Å². The number of rotatable bonds is 18. The minimum Gasteiger partial charge on any atom is -0.324 e. The molecule has 64 heavy (non-hydrogen) atoms. The van der Waals surface area contributed by atoms with Crippen molar-refractivity contribution in [3.63, 3.8) is 0 Å². The Hall–Kier alpha value is -6.32. The minimum atomic E-state index is -1.56. The van der Waals surface area contributed by atoms with Crippen LogP contribution in [0, 0.1) is 13.8 Å². The van der Waals surface area contributed by atoms with Gasteiger partial charge in [-0.15, -0.1) is 23.2 Å². The summed E-state index contributed by atoms with van der Waals surface area (Å²) in [6.45, 7) is 5.75. The van der Waals surface area contributed by atoms with Crippen LogP contribution >= 0.6 is 46.4 Å². The molecule has 5 rings (SSSR count). The lowest BCUT2D eigenvalue weighted by Gasteiger charge is -2.17. The molecule has 0 heterocycles. The number of halogens is 4. The topological polar surface area (TPSA) is 200 Å². The van der Waals surface area contributed by atoms with Gasteiger partial charge in [0.2, 0.25) is 12.1 Å². The van der Waals surface area contributed by atoms with Gasteiger partial charge in [-0.05, 0) is 123 Å². The second kappa shape index (κ2) is 22.9. The molecule has 14 nitrogen and oxygen atoms in total. The summed E-state index contributed by atoms with van der Waals surface area (Å²) < 4.78 is 0. The molecule has 0 saturated heterocycles. The number of azo groups is 2. The SMILES string of the molecule is CC(=O)C(N=Nc1ccc(Cl)c(C(=O)Nc2ccccc2CCCl)c1)C(=O)Nc1ccc(NC(=O)C(N=Nc2ccc(Cl)c(C(=O)Nc3ccccc3CCCl)c2)C(C)=O)c(C)c1C. The van der Waals surface area contributed by atoms with Gasteiger partial charge in [-0.1, -0.05) is 59.6 Å². The normalized spacial score (nSPS) is 12.1. The average molecular weight is 945 g/mol. The zero-order valence-corrected chi connectivity index (χ0v) is 38.0. The fourth-order valence-corrected chi connectivity index (χ4v) is 7.00. The maximum Gasteiger partial charge on any atom is 0.258 e. The molecule has 0 aliphatic heterocycles. The lowest BCUT2D eigenvalue weighted by molar-refractivity contribution is -0.127. The van der Waals surface area contributed by atoms with Crippen molar-refractivity contribution in [2.75, 3.05) is 33.0 Å². The summed E-state index contributed by atoms with van der Waals surface area (Å²) in [4.78, 5) is 78.5. The zero-order valence-electron chi connectivity index (χ0n) is 35.0. The predicted octanol–water partition coefficient (Wildman–Crippen LogP) is 11.0. The van der Waals surface area contributed by atoms with Crippen LogP contribution in [0.5, 0.6) is 0 Å². The second-order valence-electron chi connectivity index (χ2n) is 14.3. The van der Waals surface area contributed by atoms with Crippen molar-refractivity contribution in [2.45, 2.75) is 52.6 Å². The molecule has 330 valence electrons. The molecule has 0 aliphatic rings. The first-order valence-corrected chi connectivity index (χ1v) is 21.5. The number of aryl methyl sites for hydroxylation is 2. The first-order valence-electron chi connectivity index (χ1n) is 19.7. The van der Waals surface area contributed by atoms with Crippen molar-refractivity contribution >= 4 is 116 Å². The third kappa shape index (κ3) is 12.7. The first-order chi connectivity index (χ1) is 30.6. The molecule has 5 aromatic rings. The monoisotopic (exact) mass is 942 g/mol. The molecule has 4 amide bonds. The molecule has 4 N–H and O–H groups in total. The molecule has 0 bridgehead atoms. The van der Waals surface area contributed by atoms with E-state index in [2.05, 4.69) is 41.7 Å². The third-order valence-corrected chi connectivity index (χ3v) is 10.8. The standard InChI is InChI=1S/C46H42Cl4N8O6/c1-25-26(2)38(52-46(64)42(28(4)60)58-56-32-14-16-36(50)34(24-32)44(62)54-40-12-8-6-10-30(40)20-22-48)18-17-37(25)51-45(63)41(27(3)59)57-55-31-13-15-35(49)33(23-31)43(61)53-39-11-7-5-9-29(39)19-21-47/h5-18,23-24,41-42H,19-22H2,1-4H3,(H,51,63)(H,52,64)(H,53,61)(H,54,62). The Morgan fingerprint density at radius 3 is 1.25 bits per heavy atom. The zero-order chi connectivity index (χ0) is 46.5. The number of amides is 4. The van der Waals surface area contributed by atoms with Crippen LogP contribution in [0.25, 0.3) is 0 Å². The largest absolute Gasteiger partial charge is 0.324 e. The van der Waals surface area contributed by atoms with Gasteiger partial charge in [-0.3, -0.25) is 28.8 Å².